The molecule has 0 spiro atoms. The van der Waals surface area contributed by atoms with E-state index in [1.807, 2.05) is 18.2 Å². The van der Waals surface area contributed by atoms with Crippen molar-refractivity contribution >= 4 is 17.0 Å². The standard InChI is InChI=1S/C12H12N2O3/c1-7-14-9-4-8(2-3-10(9)17-7)12(11(13)15)5-16-6-12/h2-4H,5-6H2,1H3,(H2,13,15). The number of amides is 1. The van der Waals surface area contributed by atoms with Crippen LogP contribution in [0.25, 0.3) is 11.1 Å². The first kappa shape index (κ1) is 10.3. The number of ether oxygens (including phenoxy) is 1. The maximum atomic E-state index is 11.5. The summed E-state index contributed by atoms with van der Waals surface area (Å²) in [6, 6.07) is 5.51. The lowest BCUT2D eigenvalue weighted by Crippen LogP contribution is -2.56. The molecular formula is C12H12N2O3. The van der Waals surface area contributed by atoms with Crippen LogP contribution in [0.1, 0.15) is 11.5 Å². The number of nitrogens with zero attached hydrogens (tertiary/aromatic N) is 1. The number of rotatable bonds is 2. The lowest BCUT2D eigenvalue weighted by molar-refractivity contribution is -0.141. The number of primary amides is 1. The number of carbonyl (C=O) groups is 1. The van der Waals surface area contributed by atoms with Crippen LogP contribution in [0.5, 0.6) is 0 Å². The topological polar surface area (TPSA) is 78.3 Å². The van der Waals surface area contributed by atoms with Gasteiger partial charge in [0.15, 0.2) is 11.5 Å². The molecule has 1 aromatic heterocycles. The highest BCUT2D eigenvalue weighted by Gasteiger charge is 2.46. The van der Waals surface area contributed by atoms with Gasteiger partial charge in [0.05, 0.1) is 13.2 Å². The molecule has 88 valence electrons. The number of fused-ring (bicyclic) bond motifs is 1. The Kier molecular flexibility index (Phi) is 2.00. The van der Waals surface area contributed by atoms with Gasteiger partial charge in [-0.2, -0.15) is 0 Å². The van der Waals surface area contributed by atoms with Gasteiger partial charge in [-0.25, -0.2) is 4.98 Å². The Hall–Kier alpha value is -1.88. The average Bonchev–Trinajstić information content (AvgIpc) is 2.54. The highest BCUT2D eigenvalue weighted by Crippen LogP contribution is 2.33. The van der Waals surface area contributed by atoms with Crippen molar-refractivity contribution in [2.45, 2.75) is 12.3 Å². The zero-order valence-corrected chi connectivity index (χ0v) is 9.40. The molecule has 0 unspecified atom stereocenters. The van der Waals surface area contributed by atoms with Crippen LogP contribution in [-0.2, 0) is 14.9 Å². The van der Waals surface area contributed by atoms with Crippen LogP contribution in [0.2, 0.25) is 0 Å². The molecule has 2 N–H and O–H groups in total. The molecule has 5 nitrogen and oxygen atoms in total. The summed E-state index contributed by atoms with van der Waals surface area (Å²) in [5, 5.41) is 0. The summed E-state index contributed by atoms with van der Waals surface area (Å²) in [6.07, 6.45) is 0. The van der Waals surface area contributed by atoms with E-state index in [-0.39, 0.29) is 5.91 Å². The van der Waals surface area contributed by atoms with Crippen LogP contribution in [0.15, 0.2) is 22.6 Å². The zero-order chi connectivity index (χ0) is 12.0. The van der Waals surface area contributed by atoms with Gasteiger partial charge in [0.25, 0.3) is 0 Å². The first-order valence-corrected chi connectivity index (χ1v) is 5.37. The van der Waals surface area contributed by atoms with Crippen molar-refractivity contribution in [3.05, 3.63) is 29.7 Å². The zero-order valence-electron chi connectivity index (χ0n) is 9.40. The third kappa shape index (κ3) is 1.36. The van der Waals surface area contributed by atoms with Gasteiger partial charge in [-0.1, -0.05) is 6.07 Å². The Morgan fingerprint density at radius 2 is 2.24 bits per heavy atom. The predicted octanol–water partition coefficient (Wildman–Crippen LogP) is 0.890. The van der Waals surface area contributed by atoms with E-state index in [2.05, 4.69) is 4.98 Å². The molecule has 0 bridgehead atoms. The van der Waals surface area contributed by atoms with Gasteiger partial charge in [0, 0.05) is 6.92 Å². The minimum atomic E-state index is -0.693. The van der Waals surface area contributed by atoms with E-state index in [1.165, 1.54) is 0 Å². The van der Waals surface area contributed by atoms with Crippen molar-refractivity contribution < 1.29 is 13.9 Å². The molecule has 17 heavy (non-hydrogen) atoms. The number of aryl methyl sites for hydroxylation is 1. The van der Waals surface area contributed by atoms with Crippen molar-refractivity contribution in [1.29, 1.82) is 0 Å². The molecule has 1 amide bonds. The van der Waals surface area contributed by atoms with Crippen LogP contribution in [-0.4, -0.2) is 24.1 Å². The Labute approximate surface area is 97.6 Å². The highest BCUT2D eigenvalue weighted by atomic mass is 16.5. The summed E-state index contributed by atoms with van der Waals surface area (Å²) >= 11 is 0. The van der Waals surface area contributed by atoms with Gasteiger partial charge in [-0.05, 0) is 17.7 Å². The third-order valence-corrected chi connectivity index (χ3v) is 3.22. The number of hydrogen-bond acceptors (Lipinski definition) is 4. The lowest BCUT2D eigenvalue weighted by atomic mass is 9.78. The molecule has 5 heteroatoms. The predicted molar refractivity (Wildman–Crippen MR) is 60.4 cm³/mol. The average molecular weight is 232 g/mol. The normalized spacial score (nSPS) is 17.9. The van der Waals surface area contributed by atoms with Crippen LogP contribution in [0, 0.1) is 6.92 Å². The van der Waals surface area contributed by atoms with Crippen LogP contribution < -0.4 is 5.73 Å². The van der Waals surface area contributed by atoms with Gasteiger partial charge in [0.1, 0.15) is 10.9 Å². The van der Waals surface area contributed by atoms with Crippen LogP contribution >= 0.6 is 0 Å². The molecule has 0 atom stereocenters. The lowest BCUT2D eigenvalue weighted by Gasteiger charge is -2.38. The third-order valence-electron chi connectivity index (χ3n) is 3.22. The van der Waals surface area contributed by atoms with E-state index in [9.17, 15) is 4.79 Å². The van der Waals surface area contributed by atoms with Crippen molar-refractivity contribution in [3.8, 4) is 0 Å². The van der Waals surface area contributed by atoms with Crippen molar-refractivity contribution in [3.63, 3.8) is 0 Å². The highest BCUT2D eigenvalue weighted by molar-refractivity contribution is 5.89. The molecule has 1 saturated heterocycles. The fraction of sp³-hybridized carbons (Fsp3) is 0.333. The molecule has 0 saturated carbocycles. The van der Waals surface area contributed by atoms with Gasteiger partial charge < -0.3 is 14.9 Å². The monoisotopic (exact) mass is 232 g/mol. The van der Waals surface area contributed by atoms with Crippen molar-refractivity contribution in [2.24, 2.45) is 5.73 Å². The molecule has 1 aromatic carbocycles. The second kappa shape index (κ2) is 3.30. The molecule has 3 rings (SSSR count). The van der Waals surface area contributed by atoms with Gasteiger partial charge in [0.2, 0.25) is 5.91 Å². The van der Waals surface area contributed by atoms with E-state index in [0.29, 0.717) is 24.7 Å². The number of nitrogens with two attached hydrogens (primary N) is 1. The largest absolute Gasteiger partial charge is 0.441 e. The van der Waals surface area contributed by atoms with E-state index in [4.69, 9.17) is 14.9 Å². The number of hydrogen-bond donors (Lipinski definition) is 1. The molecule has 1 fully saturated rings. The number of benzene rings is 1. The minimum Gasteiger partial charge on any atom is -0.441 e. The van der Waals surface area contributed by atoms with Gasteiger partial charge >= 0.3 is 0 Å². The van der Waals surface area contributed by atoms with Crippen LogP contribution in [0.4, 0.5) is 0 Å². The maximum absolute atomic E-state index is 11.5. The van der Waals surface area contributed by atoms with E-state index < -0.39 is 5.41 Å². The Balaban J connectivity index is 2.14. The van der Waals surface area contributed by atoms with Gasteiger partial charge in [-0.15, -0.1) is 0 Å². The van der Waals surface area contributed by atoms with E-state index in [1.54, 1.807) is 6.92 Å². The van der Waals surface area contributed by atoms with E-state index >= 15 is 0 Å². The number of carbonyl (C=O) groups excluding carboxylic acids is 1. The molecular weight excluding hydrogens is 220 g/mol. The quantitative estimate of drug-likeness (QED) is 0.834. The molecule has 1 aliphatic rings. The minimum absolute atomic E-state index is 0.338. The second-order valence-corrected chi connectivity index (χ2v) is 4.35. The SMILES string of the molecule is Cc1nc2cc(C3(C(N)=O)COC3)ccc2o1. The fourth-order valence-electron chi connectivity index (χ4n) is 2.10. The molecule has 2 heterocycles. The van der Waals surface area contributed by atoms with Crippen LogP contribution in [0.3, 0.4) is 0 Å². The Morgan fingerprint density at radius 3 is 2.82 bits per heavy atom. The summed E-state index contributed by atoms with van der Waals surface area (Å²) in [6.45, 7) is 2.46. The number of oxazole rings is 1. The fourth-order valence-corrected chi connectivity index (χ4v) is 2.10. The summed E-state index contributed by atoms with van der Waals surface area (Å²) in [7, 11) is 0. The summed E-state index contributed by atoms with van der Waals surface area (Å²) in [4.78, 5) is 15.8. The Bertz CT molecular complexity index is 599. The summed E-state index contributed by atoms with van der Waals surface area (Å²) in [5.41, 5.74) is 7.06. The molecule has 2 aromatic rings. The van der Waals surface area contributed by atoms with Gasteiger partial charge in [-0.3, -0.25) is 4.79 Å². The van der Waals surface area contributed by atoms with Crippen molar-refractivity contribution in [2.75, 3.05) is 13.2 Å². The number of aromatic nitrogens is 1. The first-order chi connectivity index (χ1) is 8.12. The molecule has 0 aliphatic carbocycles. The molecule has 1 aliphatic heterocycles. The first-order valence-electron chi connectivity index (χ1n) is 5.37. The van der Waals surface area contributed by atoms with E-state index in [0.717, 1.165) is 11.1 Å². The van der Waals surface area contributed by atoms with Crippen molar-refractivity contribution in [1.82, 2.24) is 4.98 Å². The summed E-state index contributed by atoms with van der Waals surface area (Å²) in [5.74, 6) is 0.249. The smallest absolute Gasteiger partial charge is 0.232 e. The molecule has 0 radical (unpaired) electrons. The Morgan fingerprint density at radius 1 is 1.47 bits per heavy atom. The summed E-state index contributed by atoms with van der Waals surface area (Å²) < 4.78 is 10.5. The second-order valence-electron chi connectivity index (χ2n) is 4.35. The maximum Gasteiger partial charge on any atom is 0.232 e.